The van der Waals surface area contributed by atoms with Crippen molar-refractivity contribution in [3.8, 4) is 11.5 Å². The van der Waals surface area contributed by atoms with E-state index < -0.39 is 0 Å². The molecule has 0 amide bonds. The predicted octanol–water partition coefficient (Wildman–Crippen LogP) is -5.51. The molecule has 0 fully saturated rings. The van der Waals surface area contributed by atoms with Crippen LogP contribution >= 0.6 is 0 Å². The van der Waals surface area contributed by atoms with Crippen LogP contribution in [0.25, 0.3) is 0 Å². The topological polar surface area (TPSA) is 9.23 Å². The summed E-state index contributed by atoms with van der Waals surface area (Å²) < 4.78 is 5.58. The van der Waals surface area contributed by atoms with Crippen molar-refractivity contribution in [3.63, 3.8) is 0 Å². The number of hydrogen-bond acceptors (Lipinski definition) is 1. The van der Waals surface area contributed by atoms with Crippen LogP contribution < -0.4 is 42.0 Å². The first-order chi connectivity index (χ1) is 6.45. The van der Waals surface area contributed by atoms with E-state index in [-0.39, 0.29) is 58.9 Å². The second-order valence-corrected chi connectivity index (χ2v) is 2.73. The van der Waals surface area contributed by atoms with E-state index in [1.165, 1.54) is 0 Å². The third kappa shape index (κ3) is 7.70. The van der Waals surface area contributed by atoms with Crippen LogP contribution in [0.1, 0.15) is 0 Å². The fourth-order valence-corrected chi connectivity index (χ4v) is 1.11. The molecule has 0 saturated carbocycles. The Morgan fingerprint density at radius 1 is 0.529 bits per heavy atom. The third-order valence-electron chi connectivity index (χ3n) is 1.72. The molecule has 0 heterocycles. The number of benzene rings is 2. The molecular formula is C12H10Cl3OTi. The fraction of sp³-hybridized carbons (Fsp3) is 0. The molecule has 0 saturated heterocycles. The Balaban J connectivity index is -0.000000490. The molecule has 0 aromatic heterocycles. The van der Waals surface area contributed by atoms with Crippen molar-refractivity contribution < 1.29 is 63.7 Å². The van der Waals surface area contributed by atoms with E-state index in [0.29, 0.717) is 0 Å². The van der Waals surface area contributed by atoms with Crippen molar-refractivity contribution in [2.24, 2.45) is 0 Å². The first-order valence-electron chi connectivity index (χ1n) is 4.23. The zero-order chi connectivity index (χ0) is 8.93. The molecule has 0 aliphatic heterocycles. The van der Waals surface area contributed by atoms with Gasteiger partial charge in [-0.25, -0.2) is 0 Å². The second-order valence-electron chi connectivity index (χ2n) is 2.73. The van der Waals surface area contributed by atoms with Crippen molar-refractivity contribution in [1.82, 2.24) is 0 Å². The first kappa shape index (κ1) is 22.0. The summed E-state index contributed by atoms with van der Waals surface area (Å²) in [6.45, 7) is 0. The van der Waals surface area contributed by atoms with Crippen molar-refractivity contribution in [1.29, 1.82) is 0 Å². The quantitative estimate of drug-likeness (QED) is 0.501. The van der Waals surface area contributed by atoms with Gasteiger partial charge in [0.1, 0.15) is 11.5 Å². The van der Waals surface area contributed by atoms with E-state index in [2.05, 4.69) is 0 Å². The van der Waals surface area contributed by atoms with Crippen molar-refractivity contribution in [2.75, 3.05) is 0 Å². The minimum absolute atomic E-state index is 0. The van der Waals surface area contributed by atoms with Gasteiger partial charge in [-0.15, -0.1) is 0 Å². The molecule has 0 aliphatic carbocycles. The van der Waals surface area contributed by atoms with Gasteiger partial charge in [0.05, 0.1) is 0 Å². The molecule has 17 heavy (non-hydrogen) atoms. The van der Waals surface area contributed by atoms with Crippen LogP contribution in [0, 0.1) is 0 Å². The van der Waals surface area contributed by atoms with Crippen LogP contribution in [0.15, 0.2) is 60.7 Å². The van der Waals surface area contributed by atoms with Gasteiger partial charge in [-0.2, -0.15) is 0 Å². The maximum Gasteiger partial charge on any atom is 3.00 e. The standard InChI is InChI=1S/C12H10O.3ClH.Ti/c1-3-7-11(8-4-1)13-12-9-5-2-6-10-12;;;;/h1-10H;3*1H;/q;;;;+3/p-3. The largest absolute Gasteiger partial charge is 3.00 e. The summed E-state index contributed by atoms with van der Waals surface area (Å²) in [4.78, 5) is 0. The summed E-state index contributed by atoms with van der Waals surface area (Å²) in [7, 11) is 0. The molecule has 1 nitrogen and oxygen atoms in total. The van der Waals surface area contributed by atoms with E-state index in [0.717, 1.165) is 11.5 Å². The SMILES string of the molecule is [Cl-].[Cl-].[Cl-].[Ti+3].c1ccc(Oc2ccccc2)cc1. The minimum Gasteiger partial charge on any atom is -1.00 e. The normalized spacial score (nSPS) is 7.29. The summed E-state index contributed by atoms with van der Waals surface area (Å²) in [5.74, 6) is 1.74. The summed E-state index contributed by atoms with van der Waals surface area (Å²) in [5.41, 5.74) is 0. The van der Waals surface area contributed by atoms with Crippen molar-refractivity contribution in [3.05, 3.63) is 60.7 Å². The van der Waals surface area contributed by atoms with Gasteiger partial charge in [-0.05, 0) is 24.3 Å². The van der Waals surface area contributed by atoms with E-state index >= 15 is 0 Å². The van der Waals surface area contributed by atoms with Crippen LogP contribution in [0.4, 0.5) is 0 Å². The van der Waals surface area contributed by atoms with Gasteiger partial charge in [-0.1, -0.05) is 36.4 Å². The van der Waals surface area contributed by atoms with Crippen molar-refractivity contribution in [2.45, 2.75) is 0 Å². The third-order valence-corrected chi connectivity index (χ3v) is 1.72. The van der Waals surface area contributed by atoms with Crippen LogP contribution in [-0.4, -0.2) is 0 Å². The van der Waals surface area contributed by atoms with E-state index in [1.54, 1.807) is 0 Å². The summed E-state index contributed by atoms with van der Waals surface area (Å²) in [5, 5.41) is 0. The van der Waals surface area contributed by atoms with E-state index in [1.807, 2.05) is 60.7 Å². The number of para-hydroxylation sites is 2. The molecule has 0 unspecified atom stereocenters. The summed E-state index contributed by atoms with van der Waals surface area (Å²) in [6.07, 6.45) is 0. The van der Waals surface area contributed by atoms with Crippen LogP contribution in [0.3, 0.4) is 0 Å². The monoisotopic (exact) mass is 323 g/mol. The number of hydrogen-bond donors (Lipinski definition) is 0. The molecule has 0 aliphatic rings. The molecule has 0 N–H and O–H groups in total. The van der Waals surface area contributed by atoms with E-state index in [4.69, 9.17) is 4.74 Å². The molecule has 2 aromatic carbocycles. The van der Waals surface area contributed by atoms with Crippen molar-refractivity contribution >= 4 is 0 Å². The molecule has 2 rings (SSSR count). The van der Waals surface area contributed by atoms with Gasteiger partial charge in [0.15, 0.2) is 0 Å². The zero-order valence-electron chi connectivity index (χ0n) is 8.82. The smallest absolute Gasteiger partial charge is 1.00 e. The number of halogens is 3. The summed E-state index contributed by atoms with van der Waals surface area (Å²) >= 11 is 0. The van der Waals surface area contributed by atoms with Crippen LogP contribution in [-0.2, 0) is 21.7 Å². The molecule has 0 atom stereocenters. The summed E-state index contributed by atoms with van der Waals surface area (Å²) in [6, 6.07) is 19.5. The number of rotatable bonds is 2. The van der Waals surface area contributed by atoms with Gasteiger partial charge in [0.25, 0.3) is 0 Å². The molecule has 0 bridgehead atoms. The molecule has 2 aromatic rings. The average Bonchev–Trinajstić information content (AvgIpc) is 2.21. The zero-order valence-corrected chi connectivity index (χ0v) is 12.6. The van der Waals surface area contributed by atoms with Gasteiger partial charge >= 0.3 is 21.7 Å². The van der Waals surface area contributed by atoms with Gasteiger partial charge in [0.2, 0.25) is 0 Å². The Morgan fingerprint density at radius 3 is 1.12 bits per heavy atom. The molecule has 89 valence electrons. The number of ether oxygens (including phenoxy) is 1. The van der Waals surface area contributed by atoms with Crippen LogP contribution in [0.5, 0.6) is 11.5 Å². The second kappa shape index (κ2) is 12.3. The minimum atomic E-state index is 0. The molecular weight excluding hydrogens is 314 g/mol. The predicted molar refractivity (Wildman–Crippen MR) is 53.0 cm³/mol. The van der Waals surface area contributed by atoms with E-state index in [9.17, 15) is 0 Å². The van der Waals surface area contributed by atoms with Crippen LogP contribution in [0.2, 0.25) is 0 Å². The van der Waals surface area contributed by atoms with Gasteiger partial charge in [-0.3, -0.25) is 0 Å². The fourth-order valence-electron chi connectivity index (χ4n) is 1.11. The Bertz CT molecular complexity index is 333. The Labute approximate surface area is 135 Å². The Morgan fingerprint density at radius 2 is 0.824 bits per heavy atom. The molecule has 1 radical (unpaired) electrons. The maximum absolute atomic E-state index is 5.58. The average molecular weight is 324 g/mol. The first-order valence-corrected chi connectivity index (χ1v) is 4.23. The Kier molecular flexibility index (Phi) is 15.9. The molecule has 0 spiro atoms. The molecule has 5 heteroatoms. The Hall–Kier alpha value is -0.176. The van der Waals surface area contributed by atoms with Gasteiger partial charge in [0, 0.05) is 0 Å². The maximum atomic E-state index is 5.58. The van der Waals surface area contributed by atoms with Gasteiger partial charge < -0.3 is 42.0 Å².